The SMILES string of the molecule is COCCNC(=O)c1cc(-c2ccccc2OC(F)(F)F)cc2ncn(C)c12. The number of aromatic nitrogens is 2. The van der Waals surface area contributed by atoms with Crippen molar-refractivity contribution in [3.05, 3.63) is 48.3 Å². The fraction of sp³-hybridized carbons (Fsp3) is 0.263. The molecule has 148 valence electrons. The first kappa shape index (κ1) is 19.7. The van der Waals surface area contributed by atoms with E-state index in [-0.39, 0.29) is 17.2 Å². The number of carbonyl (C=O) groups excluding carboxylic acids is 1. The van der Waals surface area contributed by atoms with E-state index >= 15 is 0 Å². The Bertz CT molecular complexity index is 999. The minimum atomic E-state index is -4.83. The molecule has 3 rings (SSSR count). The van der Waals surface area contributed by atoms with Gasteiger partial charge in [-0.2, -0.15) is 0 Å². The Kier molecular flexibility index (Phi) is 5.55. The van der Waals surface area contributed by atoms with Gasteiger partial charge in [-0.3, -0.25) is 4.79 Å². The quantitative estimate of drug-likeness (QED) is 0.651. The third-order valence-electron chi connectivity index (χ3n) is 4.07. The van der Waals surface area contributed by atoms with Crippen LogP contribution in [0.2, 0.25) is 0 Å². The van der Waals surface area contributed by atoms with E-state index in [4.69, 9.17) is 4.74 Å². The molecule has 2 aromatic carbocycles. The van der Waals surface area contributed by atoms with Crippen LogP contribution in [0.25, 0.3) is 22.2 Å². The van der Waals surface area contributed by atoms with Crippen LogP contribution in [0.3, 0.4) is 0 Å². The van der Waals surface area contributed by atoms with Crippen LogP contribution in [0.15, 0.2) is 42.7 Å². The Morgan fingerprint density at radius 3 is 2.71 bits per heavy atom. The van der Waals surface area contributed by atoms with Crippen molar-refractivity contribution in [2.45, 2.75) is 6.36 Å². The number of fused-ring (bicyclic) bond motifs is 1. The maximum absolute atomic E-state index is 12.8. The molecule has 1 heterocycles. The summed E-state index contributed by atoms with van der Waals surface area (Å²) in [6, 6.07) is 8.92. The molecule has 0 spiro atoms. The van der Waals surface area contributed by atoms with E-state index in [1.54, 1.807) is 30.1 Å². The lowest BCUT2D eigenvalue weighted by Crippen LogP contribution is -2.27. The van der Waals surface area contributed by atoms with Crippen LogP contribution >= 0.6 is 0 Å². The maximum Gasteiger partial charge on any atom is 0.573 e. The molecule has 0 aliphatic heterocycles. The van der Waals surface area contributed by atoms with Crippen molar-refractivity contribution in [1.82, 2.24) is 14.9 Å². The van der Waals surface area contributed by atoms with Gasteiger partial charge >= 0.3 is 6.36 Å². The number of ether oxygens (including phenoxy) is 2. The number of amides is 1. The summed E-state index contributed by atoms with van der Waals surface area (Å²) in [5, 5.41) is 2.72. The zero-order valence-corrected chi connectivity index (χ0v) is 15.2. The Balaban J connectivity index is 2.10. The molecule has 0 saturated carbocycles. The van der Waals surface area contributed by atoms with Crippen molar-refractivity contribution in [2.75, 3.05) is 20.3 Å². The van der Waals surface area contributed by atoms with Gasteiger partial charge in [-0.1, -0.05) is 18.2 Å². The summed E-state index contributed by atoms with van der Waals surface area (Å²) >= 11 is 0. The molecule has 0 aliphatic rings. The zero-order chi connectivity index (χ0) is 20.3. The average Bonchev–Trinajstić information content (AvgIpc) is 3.01. The largest absolute Gasteiger partial charge is 0.573 e. The van der Waals surface area contributed by atoms with Crippen molar-refractivity contribution >= 4 is 16.9 Å². The smallest absolute Gasteiger partial charge is 0.405 e. The molecular formula is C19H18F3N3O3. The fourth-order valence-corrected chi connectivity index (χ4v) is 2.90. The molecule has 0 aliphatic carbocycles. The number of benzene rings is 2. The summed E-state index contributed by atoms with van der Waals surface area (Å²) < 4.78 is 49.0. The molecule has 28 heavy (non-hydrogen) atoms. The molecule has 0 fully saturated rings. The standard InChI is InChI=1S/C19H18F3N3O3/c1-25-11-24-15-10-12(9-14(17(15)25)18(26)23-7-8-27-2)13-5-3-4-6-16(13)28-19(20,21)22/h3-6,9-11H,7-8H2,1-2H3,(H,23,26). The van der Waals surface area contributed by atoms with E-state index in [1.807, 2.05) is 0 Å². The van der Waals surface area contributed by atoms with E-state index in [0.717, 1.165) is 0 Å². The Labute approximate surface area is 158 Å². The molecular weight excluding hydrogens is 375 g/mol. The van der Waals surface area contributed by atoms with Crippen molar-refractivity contribution in [2.24, 2.45) is 7.05 Å². The lowest BCUT2D eigenvalue weighted by molar-refractivity contribution is -0.274. The van der Waals surface area contributed by atoms with Gasteiger partial charge in [0, 0.05) is 26.3 Å². The molecule has 1 aromatic heterocycles. The number of hydrogen-bond acceptors (Lipinski definition) is 4. The monoisotopic (exact) mass is 393 g/mol. The molecule has 0 saturated heterocycles. The number of alkyl halides is 3. The molecule has 0 radical (unpaired) electrons. The zero-order valence-electron chi connectivity index (χ0n) is 15.2. The van der Waals surface area contributed by atoms with Gasteiger partial charge in [0.2, 0.25) is 0 Å². The van der Waals surface area contributed by atoms with Crippen molar-refractivity contribution in [3.63, 3.8) is 0 Å². The van der Waals surface area contributed by atoms with Gasteiger partial charge in [0.25, 0.3) is 5.91 Å². The summed E-state index contributed by atoms with van der Waals surface area (Å²) in [5.41, 5.74) is 1.96. The predicted molar refractivity (Wildman–Crippen MR) is 97.0 cm³/mol. The number of methoxy groups -OCH3 is 1. The van der Waals surface area contributed by atoms with E-state index in [0.29, 0.717) is 35.3 Å². The molecule has 9 heteroatoms. The molecule has 1 N–H and O–H groups in total. The molecule has 0 atom stereocenters. The van der Waals surface area contributed by atoms with Crippen LogP contribution in [-0.4, -0.2) is 42.1 Å². The van der Waals surface area contributed by atoms with Gasteiger partial charge in [-0.15, -0.1) is 13.2 Å². The van der Waals surface area contributed by atoms with E-state index in [2.05, 4.69) is 15.0 Å². The number of imidazole rings is 1. The lowest BCUT2D eigenvalue weighted by Gasteiger charge is -2.14. The predicted octanol–water partition coefficient (Wildman–Crippen LogP) is 3.52. The van der Waals surface area contributed by atoms with Crippen molar-refractivity contribution < 1.29 is 27.4 Å². The highest BCUT2D eigenvalue weighted by molar-refractivity contribution is 6.07. The van der Waals surface area contributed by atoms with E-state index in [9.17, 15) is 18.0 Å². The first-order chi connectivity index (χ1) is 13.3. The first-order valence-corrected chi connectivity index (χ1v) is 8.37. The lowest BCUT2D eigenvalue weighted by atomic mass is 10.00. The fourth-order valence-electron chi connectivity index (χ4n) is 2.90. The minimum Gasteiger partial charge on any atom is -0.405 e. The van der Waals surface area contributed by atoms with Crippen LogP contribution in [0.4, 0.5) is 13.2 Å². The van der Waals surface area contributed by atoms with Crippen LogP contribution in [-0.2, 0) is 11.8 Å². The Morgan fingerprint density at radius 2 is 2.00 bits per heavy atom. The number of aryl methyl sites for hydroxylation is 1. The van der Waals surface area contributed by atoms with Gasteiger partial charge in [-0.05, 0) is 23.8 Å². The van der Waals surface area contributed by atoms with Gasteiger partial charge in [-0.25, -0.2) is 4.98 Å². The summed E-state index contributed by atoms with van der Waals surface area (Å²) in [7, 11) is 3.26. The number of rotatable bonds is 6. The molecule has 6 nitrogen and oxygen atoms in total. The third-order valence-corrected chi connectivity index (χ3v) is 4.07. The number of para-hydroxylation sites is 1. The Hall–Kier alpha value is -3.07. The number of hydrogen-bond donors (Lipinski definition) is 1. The van der Waals surface area contributed by atoms with Crippen LogP contribution in [0, 0.1) is 0 Å². The third kappa shape index (κ3) is 4.25. The molecule has 3 aromatic rings. The molecule has 1 amide bonds. The number of nitrogens with zero attached hydrogens (tertiary/aromatic N) is 2. The number of carbonyl (C=O) groups is 1. The highest BCUT2D eigenvalue weighted by Crippen LogP contribution is 2.36. The maximum atomic E-state index is 12.8. The number of halogens is 3. The molecule has 0 unspecified atom stereocenters. The summed E-state index contributed by atoms with van der Waals surface area (Å²) in [4.78, 5) is 16.9. The minimum absolute atomic E-state index is 0.207. The van der Waals surface area contributed by atoms with Crippen LogP contribution < -0.4 is 10.1 Å². The second-order valence-electron chi connectivity index (χ2n) is 6.04. The van der Waals surface area contributed by atoms with Crippen LogP contribution in [0.5, 0.6) is 5.75 Å². The normalized spacial score (nSPS) is 11.6. The second kappa shape index (κ2) is 7.89. The number of nitrogens with one attached hydrogen (secondary N) is 1. The van der Waals surface area contributed by atoms with E-state index in [1.165, 1.54) is 31.4 Å². The topological polar surface area (TPSA) is 65.4 Å². The summed E-state index contributed by atoms with van der Waals surface area (Å²) in [6.45, 7) is 0.634. The highest BCUT2D eigenvalue weighted by atomic mass is 19.4. The second-order valence-corrected chi connectivity index (χ2v) is 6.04. The summed E-state index contributed by atoms with van der Waals surface area (Å²) in [5.74, 6) is -0.724. The van der Waals surface area contributed by atoms with Gasteiger partial charge in [0.05, 0.1) is 29.5 Å². The first-order valence-electron chi connectivity index (χ1n) is 8.37. The Morgan fingerprint density at radius 1 is 1.25 bits per heavy atom. The average molecular weight is 393 g/mol. The van der Waals surface area contributed by atoms with Crippen molar-refractivity contribution in [1.29, 1.82) is 0 Å². The molecule has 0 bridgehead atoms. The van der Waals surface area contributed by atoms with Gasteiger partial charge < -0.3 is 19.4 Å². The van der Waals surface area contributed by atoms with Gasteiger partial charge in [0.15, 0.2) is 0 Å². The van der Waals surface area contributed by atoms with Crippen molar-refractivity contribution in [3.8, 4) is 16.9 Å². The highest BCUT2D eigenvalue weighted by Gasteiger charge is 2.32. The van der Waals surface area contributed by atoms with E-state index < -0.39 is 6.36 Å². The summed E-state index contributed by atoms with van der Waals surface area (Å²) in [6.07, 6.45) is -3.29. The van der Waals surface area contributed by atoms with Gasteiger partial charge in [0.1, 0.15) is 5.75 Å². The van der Waals surface area contributed by atoms with Crippen LogP contribution in [0.1, 0.15) is 10.4 Å².